The molecule has 0 bridgehead atoms. The molecule has 0 unspecified atom stereocenters. The number of ketones is 1. The Labute approximate surface area is 142 Å². The summed E-state index contributed by atoms with van der Waals surface area (Å²) >= 11 is 5.82. The predicted molar refractivity (Wildman–Crippen MR) is 90.5 cm³/mol. The summed E-state index contributed by atoms with van der Waals surface area (Å²) in [7, 11) is 0. The van der Waals surface area contributed by atoms with E-state index in [0.717, 1.165) is 26.1 Å². The first kappa shape index (κ1) is 18.4. The number of halogens is 2. The minimum atomic E-state index is -0.431. The van der Waals surface area contributed by atoms with Crippen LogP contribution in [-0.4, -0.2) is 31.6 Å². The van der Waals surface area contributed by atoms with E-state index < -0.39 is 11.7 Å². The molecule has 1 aliphatic heterocycles. The third-order valence-corrected chi connectivity index (χ3v) is 4.57. The van der Waals surface area contributed by atoms with Crippen LogP contribution >= 0.6 is 11.6 Å². The summed E-state index contributed by atoms with van der Waals surface area (Å²) in [6, 6.07) is 4.99. The molecule has 1 aliphatic rings. The molecule has 1 atom stereocenters. The summed E-state index contributed by atoms with van der Waals surface area (Å²) in [5.74, 6) is -0.889. The highest BCUT2D eigenvalue weighted by molar-refractivity contribution is 6.30. The van der Waals surface area contributed by atoms with Crippen LogP contribution in [-0.2, 0) is 9.53 Å². The highest BCUT2D eigenvalue weighted by Gasteiger charge is 2.26. The average molecular weight is 342 g/mol. The molecular weight excluding hydrogens is 317 g/mol. The maximum atomic E-state index is 14.2. The third kappa shape index (κ3) is 5.27. The number of carbonyl (C=O) groups excluding carboxylic acids is 1. The first-order chi connectivity index (χ1) is 11.0. The molecule has 0 saturated carbocycles. The molecule has 1 N–H and O–H groups in total. The first-order valence-corrected chi connectivity index (χ1v) is 8.66. The normalized spacial score (nSPS) is 17.4. The van der Waals surface area contributed by atoms with Crippen molar-refractivity contribution in [2.75, 3.05) is 19.8 Å². The second-order valence-electron chi connectivity index (χ2n) is 6.40. The van der Waals surface area contributed by atoms with Crippen molar-refractivity contribution < 1.29 is 13.9 Å². The molecule has 2 rings (SSSR count). The monoisotopic (exact) mass is 341 g/mol. The quantitative estimate of drug-likeness (QED) is 0.816. The molecule has 1 heterocycles. The van der Waals surface area contributed by atoms with Crippen molar-refractivity contribution in [1.82, 2.24) is 5.32 Å². The van der Waals surface area contributed by atoms with Gasteiger partial charge in [0.2, 0.25) is 0 Å². The number of hydrogen-bond acceptors (Lipinski definition) is 3. The van der Waals surface area contributed by atoms with Crippen LogP contribution in [0.4, 0.5) is 4.39 Å². The molecule has 0 radical (unpaired) electrons. The van der Waals surface area contributed by atoms with Gasteiger partial charge in [0.25, 0.3) is 0 Å². The standard InChI is InChI=1S/C18H25ClFNO2/c1-12(2)18(22)16(15-4-3-13(19)11-17(15)20)5-8-21-14-6-9-23-10-7-14/h3-4,11-12,14,16,21H,5-10H2,1-2H3/t16-/m1/s1. The summed E-state index contributed by atoms with van der Waals surface area (Å²) in [4.78, 5) is 12.5. The first-order valence-electron chi connectivity index (χ1n) is 8.29. The summed E-state index contributed by atoms with van der Waals surface area (Å²) < 4.78 is 19.6. The fourth-order valence-corrected chi connectivity index (χ4v) is 3.13. The molecule has 0 amide bonds. The van der Waals surface area contributed by atoms with Crippen LogP contribution in [0.25, 0.3) is 0 Å². The van der Waals surface area contributed by atoms with Crippen molar-refractivity contribution in [2.45, 2.75) is 45.1 Å². The Kier molecular flexibility index (Phi) is 7.00. The lowest BCUT2D eigenvalue weighted by Crippen LogP contribution is -2.36. The number of rotatable bonds is 7. The van der Waals surface area contributed by atoms with Gasteiger partial charge in [0.1, 0.15) is 11.6 Å². The van der Waals surface area contributed by atoms with Gasteiger partial charge in [0.05, 0.1) is 0 Å². The van der Waals surface area contributed by atoms with E-state index in [0.29, 0.717) is 29.6 Å². The molecule has 128 valence electrons. The molecule has 1 aromatic carbocycles. The van der Waals surface area contributed by atoms with Gasteiger partial charge in [0, 0.05) is 36.1 Å². The van der Waals surface area contributed by atoms with Gasteiger partial charge >= 0.3 is 0 Å². The van der Waals surface area contributed by atoms with E-state index in [-0.39, 0.29) is 11.7 Å². The number of hydrogen-bond donors (Lipinski definition) is 1. The Morgan fingerprint density at radius 3 is 2.70 bits per heavy atom. The lowest BCUT2D eigenvalue weighted by molar-refractivity contribution is -0.123. The molecule has 0 spiro atoms. The lowest BCUT2D eigenvalue weighted by atomic mass is 9.86. The SMILES string of the molecule is CC(C)C(=O)[C@H](CCNC1CCOCC1)c1ccc(Cl)cc1F. The van der Waals surface area contributed by atoms with Gasteiger partial charge in [-0.15, -0.1) is 0 Å². The smallest absolute Gasteiger partial charge is 0.143 e. The van der Waals surface area contributed by atoms with Crippen LogP contribution in [0.15, 0.2) is 18.2 Å². The van der Waals surface area contributed by atoms with Crippen LogP contribution < -0.4 is 5.32 Å². The summed E-state index contributed by atoms with van der Waals surface area (Å²) in [6.45, 7) is 5.95. The molecule has 23 heavy (non-hydrogen) atoms. The molecule has 5 heteroatoms. The highest BCUT2D eigenvalue weighted by atomic mass is 35.5. The number of Topliss-reactive ketones (excluding diaryl/α,β-unsaturated/α-hetero) is 1. The number of ether oxygens (including phenoxy) is 1. The predicted octanol–water partition coefficient (Wildman–Crippen LogP) is 3.95. The minimum absolute atomic E-state index is 0.0694. The van der Waals surface area contributed by atoms with Gasteiger partial charge in [-0.2, -0.15) is 0 Å². The Hall–Kier alpha value is -0.970. The zero-order valence-electron chi connectivity index (χ0n) is 13.8. The van der Waals surface area contributed by atoms with E-state index in [1.54, 1.807) is 12.1 Å². The van der Waals surface area contributed by atoms with Crippen LogP contribution in [0, 0.1) is 11.7 Å². The molecule has 1 saturated heterocycles. The van der Waals surface area contributed by atoms with Crippen LogP contribution in [0.3, 0.4) is 0 Å². The van der Waals surface area contributed by atoms with Gasteiger partial charge in [-0.1, -0.05) is 31.5 Å². The highest BCUT2D eigenvalue weighted by Crippen LogP contribution is 2.28. The van der Waals surface area contributed by atoms with Crippen LogP contribution in [0.5, 0.6) is 0 Å². The van der Waals surface area contributed by atoms with Crippen molar-refractivity contribution in [3.63, 3.8) is 0 Å². The van der Waals surface area contributed by atoms with Crippen LogP contribution in [0.1, 0.15) is 44.6 Å². The van der Waals surface area contributed by atoms with Gasteiger partial charge in [0.15, 0.2) is 0 Å². The van der Waals surface area contributed by atoms with Gasteiger partial charge < -0.3 is 10.1 Å². The summed E-state index contributed by atoms with van der Waals surface area (Å²) in [5, 5.41) is 3.82. The fourth-order valence-electron chi connectivity index (χ4n) is 2.97. The Balaban J connectivity index is 2.03. The van der Waals surface area contributed by atoms with E-state index >= 15 is 0 Å². The number of nitrogens with one attached hydrogen (secondary N) is 1. The molecule has 0 aliphatic carbocycles. The minimum Gasteiger partial charge on any atom is -0.381 e. The number of carbonyl (C=O) groups is 1. The van der Waals surface area contributed by atoms with Crippen LogP contribution in [0.2, 0.25) is 5.02 Å². The zero-order chi connectivity index (χ0) is 16.8. The van der Waals surface area contributed by atoms with E-state index in [1.165, 1.54) is 6.07 Å². The third-order valence-electron chi connectivity index (χ3n) is 4.34. The van der Waals surface area contributed by atoms with E-state index in [4.69, 9.17) is 16.3 Å². The Bertz CT molecular complexity index is 530. The van der Waals surface area contributed by atoms with Crippen molar-refractivity contribution in [1.29, 1.82) is 0 Å². The van der Waals surface area contributed by atoms with Crippen molar-refractivity contribution >= 4 is 17.4 Å². The van der Waals surface area contributed by atoms with Crippen molar-refractivity contribution in [3.8, 4) is 0 Å². The Morgan fingerprint density at radius 2 is 2.09 bits per heavy atom. The average Bonchev–Trinajstić information content (AvgIpc) is 2.53. The molecule has 1 fully saturated rings. The topological polar surface area (TPSA) is 38.3 Å². The van der Waals surface area contributed by atoms with Crippen molar-refractivity contribution in [2.24, 2.45) is 5.92 Å². The fraction of sp³-hybridized carbons (Fsp3) is 0.611. The van der Waals surface area contributed by atoms with E-state index in [2.05, 4.69) is 5.32 Å². The molecule has 1 aromatic rings. The Morgan fingerprint density at radius 1 is 1.39 bits per heavy atom. The summed E-state index contributed by atoms with van der Waals surface area (Å²) in [6.07, 6.45) is 2.56. The van der Waals surface area contributed by atoms with Gasteiger partial charge in [-0.25, -0.2) is 4.39 Å². The maximum absolute atomic E-state index is 14.2. The second kappa shape index (κ2) is 8.76. The molecule has 0 aromatic heterocycles. The van der Waals surface area contributed by atoms with E-state index in [1.807, 2.05) is 13.8 Å². The summed E-state index contributed by atoms with van der Waals surface area (Å²) in [5.41, 5.74) is 0.446. The second-order valence-corrected chi connectivity index (χ2v) is 6.84. The largest absolute Gasteiger partial charge is 0.381 e. The zero-order valence-corrected chi connectivity index (χ0v) is 14.5. The molecular formula is C18H25ClFNO2. The number of benzene rings is 1. The van der Waals surface area contributed by atoms with Crippen molar-refractivity contribution in [3.05, 3.63) is 34.6 Å². The molecule has 3 nitrogen and oxygen atoms in total. The van der Waals surface area contributed by atoms with E-state index in [9.17, 15) is 9.18 Å². The van der Waals surface area contributed by atoms with Gasteiger partial charge in [-0.3, -0.25) is 4.79 Å². The maximum Gasteiger partial charge on any atom is 0.143 e. The lowest BCUT2D eigenvalue weighted by Gasteiger charge is -2.25. The van der Waals surface area contributed by atoms with Gasteiger partial charge in [-0.05, 0) is 43.5 Å².